The van der Waals surface area contributed by atoms with Crippen molar-refractivity contribution in [1.29, 1.82) is 0 Å². The molecule has 0 aliphatic carbocycles. The molecule has 0 saturated heterocycles. The van der Waals surface area contributed by atoms with Gasteiger partial charge in [-0.1, -0.05) is 18.2 Å². The van der Waals surface area contributed by atoms with Crippen molar-refractivity contribution in [1.82, 2.24) is 4.90 Å². The second kappa shape index (κ2) is 10.1. The first-order valence-corrected chi connectivity index (χ1v) is 9.82. The molecule has 3 rings (SSSR count). The molecule has 1 aliphatic heterocycles. The third-order valence-corrected chi connectivity index (χ3v) is 5.11. The lowest BCUT2D eigenvalue weighted by Gasteiger charge is -2.23. The zero-order valence-electron chi connectivity index (χ0n) is 17.5. The van der Waals surface area contributed by atoms with E-state index in [0.29, 0.717) is 52.3 Å². The first kappa shape index (κ1) is 22.3. The summed E-state index contributed by atoms with van der Waals surface area (Å²) in [7, 11) is 3.03. The highest BCUT2D eigenvalue weighted by Crippen LogP contribution is 2.29. The Morgan fingerprint density at radius 2 is 1.84 bits per heavy atom. The molecule has 1 aliphatic rings. The van der Waals surface area contributed by atoms with Crippen molar-refractivity contribution in [3.05, 3.63) is 70.8 Å². The number of amides is 2. The zero-order chi connectivity index (χ0) is 22.4. The molecule has 7 heteroatoms. The van der Waals surface area contributed by atoms with E-state index < -0.39 is 5.91 Å². The van der Waals surface area contributed by atoms with Crippen molar-refractivity contribution in [2.45, 2.75) is 19.6 Å². The van der Waals surface area contributed by atoms with E-state index in [1.54, 1.807) is 55.7 Å². The molecular weight excluding hydrogens is 398 g/mol. The molecule has 0 radical (unpaired) electrons. The highest BCUT2D eigenvalue weighted by atomic mass is 16.5. The van der Waals surface area contributed by atoms with Gasteiger partial charge >= 0.3 is 0 Å². The van der Waals surface area contributed by atoms with E-state index in [4.69, 9.17) is 9.47 Å². The fraction of sp³-hybridized carbons (Fsp3) is 0.250. The Bertz CT molecular complexity index is 998. The Labute approximate surface area is 180 Å². The molecule has 0 bridgehead atoms. The highest BCUT2D eigenvalue weighted by Gasteiger charge is 2.25. The van der Waals surface area contributed by atoms with E-state index in [1.165, 1.54) is 18.1 Å². The molecule has 0 aromatic heterocycles. The van der Waals surface area contributed by atoms with Gasteiger partial charge in [0.15, 0.2) is 0 Å². The summed E-state index contributed by atoms with van der Waals surface area (Å²) in [6, 6.07) is 10.3. The van der Waals surface area contributed by atoms with Gasteiger partial charge in [0.25, 0.3) is 11.8 Å². The van der Waals surface area contributed by atoms with Gasteiger partial charge in [-0.25, -0.2) is 0 Å². The standard InChI is InChI=1S/C24H25NO6/c1-30-19-8-6-17(7-9-19)20(24(29)25-10-4-3-5-23(25)28)12-16-11-18(14-26)21(15-27)22(13-16)31-2/h3,5-9,11-13,26-27H,4,10,14-15H2,1-2H3/b20-12+. The number of methoxy groups -OCH3 is 2. The number of aliphatic hydroxyl groups excluding tert-OH is 2. The molecular formula is C24H25NO6. The van der Waals surface area contributed by atoms with Crippen LogP contribution in [-0.2, 0) is 22.8 Å². The Kier molecular flexibility index (Phi) is 7.23. The first-order valence-electron chi connectivity index (χ1n) is 9.82. The van der Waals surface area contributed by atoms with Gasteiger partial charge in [-0.15, -0.1) is 0 Å². The van der Waals surface area contributed by atoms with Crippen LogP contribution >= 0.6 is 0 Å². The van der Waals surface area contributed by atoms with Crippen LogP contribution in [0.2, 0.25) is 0 Å². The van der Waals surface area contributed by atoms with Gasteiger partial charge in [0.05, 0.1) is 27.4 Å². The SMILES string of the molecule is COc1ccc(/C(=C\c2cc(CO)c(CO)c(OC)c2)C(=O)N2CCC=CC2=O)cc1. The number of aliphatic hydroxyl groups is 2. The number of ether oxygens (including phenoxy) is 2. The van der Waals surface area contributed by atoms with E-state index in [9.17, 15) is 19.8 Å². The molecule has 7 nitrogen and oxygen atoms in total. The summed E-state index contributed by atoms with van der Waals surface area (Å²) in [6.45, 7) is -0.284. The topological polar surface area (TPSA) is 96.3 Å². The average molecular weight is 423 g/mol. The fourth-order valence-corrected chi connectivity index (χ4v) is 3.45. The predicted molar refractivity (Wildman–Crippen MR) is 116 cm³/mol. The van der Waals surface area contributed by atoms with Crippen LogP contribution in [0.4, 0.5) is 0 Å². The molecule has 0 saturated carbocycles. The Hall–Kier alpha value is -3.42. The van der Waals surface area contributed by atoms with Crippen LogP contribution in [0.15, 0.2) is 48.6 Å². The number of imide groups is 1. The Balaban J connectivity index is 2.13. The van der Waals surface area contributed by atoms with Gasteiger partial charge in [-0.2, -0.15) is 0 Å². The maximum absolute atomic E-state index is 13.4. The number of hydrogen-bond acceptors (Lipinski definition) is 6. The molecule has 0 atom stereocenters. The van der Waals surface area contributed by atoms with Crippen LogP contribution in [0, 0.1) is 0 Å². The normalized spacial score (nSPS) is 14.0. The summed E-state index contributed by atoms with van der Waals surface area (Å²) >= 11 is 0. The predicted octanol–water partition coefficient (Wildman–Crippen LogP) is 2.54. The zero-order valence-corrected chi connectivity index (χ0v) is 17.5. The minimum Gasteiger partial charge on any atom is -0.497 e. The molecule has 31 heavy (non-hydrogen) atoms. The van der Waals surface area contributed by atoms with Gasteiger partial charge in [0.1, 0.15) is 11.5 Å². The number of carbonyl (C=O) groups is 2. The summed E-state index contributed by atoms with van der Waals surface area (Å²) in [5, 5.41) is 19.3. The second-order valence-corrected chi connectivity index (χ2v) is 6.95. The van der Waals surface area contributed by atoms with Gasteiger partial charge in [-0.3, -0.25) is 14.5 Å². The summed E-state index contributed by atoms with van der Waals surface area (Å²) < 4.78 is 10.6. The van der Waals surface area contributed by atoms with Crippen molar-refractivity contribution >= 4 is 23.5 Å². The smallest absolute Gasteiger partial charge is 0.261 e. The molecule has 0 spiro atoms. The molecule has 1 heterocycles. The molecule has 0 unspecified atom stereocenters. The lowest BCUT2D eigenvalue weighted by Crippen LogP contribution is -2.38. The number of rotatable bonds is 7. The summed E-state index contributed by atoms with van der Waals surface area (Å²) in [6.07, 6.45) is 5.39. The maximum atomic E-state index is 13.4. The van der Waals surface area contributed by atoms with Crippen molar-refractivity contribution in [3.8, 4) is 11.5 Å². The minimum atomic E-state index is -0.421. The van der Waals surface area contributed by atoms with Crippen LogP contribution in [0.5, 0.6) is 11.5 Å². The Morgan fingerprint density at radius 1 is 1.10 bits per heavy atom. The van der Waals surface area contributed by atoms with Crippen molar-refractivity contribution in [2.75, 3.05) is 20.8 Å². The first-order chi connectivity index (χ1) is 15.0. The minimum absolute atomic E-state index is 0.290. The third-order valence-electron chi connectivity index (χ3n) is 5.11. The van der Waals surface area contributed by atoms with Crippen LogP contribution in [0.3, 0.4) is 0 Å². The molecule has 2 aromatic carbocycles. The average Bonchev–Trinajstić information content (AvgIpc) is 2.81. The highest BCUT2D eigenvalue weighted by molar-refractivity contribution is 6.28. The summed E-state index contributed by atoms with van der Waals surface area (Å²) in [4.78, 5) is 26.9. The van der Waals surface area contributed by atoms with E-state index in [1.807, 2.05) is 0 Å². The Morgan fingerprint density at radius 3 is 2.42 bits per heavy atom. The van der Waals surface area contributed by atoms with E-state index in [-0.39, 0.29) is 19.1 Å². The van der Waals surface area contributed by atoms with E-state index in [0.717, 1.165) is 0 Å². The lowest BCUT2D eigenvalue weighted by atomic mass is 9.97. The van der Waals surface area contributed by atoms with Crippen LogP contribution in [-0.4, -0.2) is 47.7 Å². The number of nitrogens with zero attached hydrogens (tertiary/aromatic N) is 1. The molecule has 0 fully saturated rings. The van der Waals surface area contributed by atoms with Crippen molar-refractivity contribution in [2.24, 2.45) is 0 Å². The molecule has 162 valence electrons. The fourth-order valence-electron chi connectivity index (χ4n) is 3.45. The van der Waals surface area contributed by atoms with E-state index >= 15 is 0 Å². The lowest BCUT2D eigenvalue weighted by molar-refractivity contribution is -0.138. The number of benzene rings is 2. The van der Waals surface area contributed by atoms with E-state index in [2.05, 4.69) is 0 Å². The van der Waals surface area contributed by atoms with Crippen LogP contribution in [0.25, 0.3) is 11.6 Å². The van der Waals surface area contributed by atoms with Gasteiger partial charge in [0, 0.05) is 17.7 Å². The monoisotopic (exact) mass is 423 g/mol. The van der Waals surface area contributed by atoms with Crippen molar-refractivity contribution in [3.63, 3.8) is 0 Å². The summed E-state index contributed by atoms with van der Waals surface area (Å²) in [5.74, 6) is 0.262. The molecule has 2 aromatic rings. The van der Waals surface area contributed by atoms with Crippen LogP contribution < -0.4 is 9.47 Å². The van der Waals surface area contributed by atoms with Crippen LogP contribution in [0.1, 0.15) is 28.7 Å². The second-order valence-electron chi connectivity index (χ2n) is 6.95. The van der Waals surface area contributed by atoms with Gasteiger partial charge in [-0.05, 0) is 59.5 Å². The van der Waals surface area contributed by atoms with Gasteiger partial charge in [0.2, 0.25) is 0 Å². The summed E-state index contributed by atoms with van der Waals surface area (Å²) in [5.41, 5.74) is 2.50. The third kappa shape index (κ3) is 4.84. The van der Waals surface area contributed by atoms with Gasteiger partial charge < -0.3 is 19.7 Å². The molecule has 2 amide bonds. The van der Waals surface area contributed by atoms with Crippen molar-refractivity contribution < 1.29 is 29.3 Å². The molecule has 2 N–H and O–H groups in total. The quantitative estimate of drug-likeness (QED) is 0.525. The number of carbonyl (C=O) groups excluding carboxylic acids is 2. The maximum Gasteiger partial charge on any atom is 0.261 e. The number of hydrogen-bond donors (Lipinski definition) is 2. The largest absolute Gasteiger partial charge is 0.497 e.